The van der Waals surface area contributed by atoms with Gasteiger partial charge in [0.15, 0.2) is 0 Å². The lowest BCUT2D eigenvalue weighted by Gasteiger charge is -2.39. The second-order valence-corrected chi connectivity index (χ2v) is 5.48. The summed E-state index contributed by atoms with van der Waals surface area (Å²) >= 11 is 0. The minimum absolute atomic E-state index is 0. The van der Waals surface area contributed by atoms with Crippen LogP contribution in [0.25, 0.3) is 0 Å². The topological polar surface area (TPSA) is 46.3 Å². The Bertz CT molecular complexity index is 514. The van der Waals surface area contributed by atoms with E-state index in [9.17, 15) is 9.18 Å². The molecular formula is C14H18ClFN2O. The number of hydrogen-bond donors (Lipinski definition) is 1. The number of nitrogens with two attached hydrogens (primary N) is 1. The summed E-state index contributed by atoms with van der Waals surface area (Å²) in [7, 11) is 0. The molecule has 1 spiro atoms. The minimum atomic E-state index is -0.545. The van der Waals surface area contributed by atoms with Crippen molar-refractivity contribution in [3.05, 3.63) is 29.6 Å². The zero-order valence-electron chi connectivity index (χ0n) is 10.9. The molecule has 0 saturated heterocycles. The first-order valence-corrected chi connectivity index (χ1v) is 6.41. The normalized spacial score (nSPS) is 20.5. The summed E-state index contributed by atoms with van der Waals surface area (Å²) in [6.45, 7) is 2.26. The number of amides is 1. The Labute approximate surface area is 118 Å². The lowest BCUT2D eigenvalue weighted by molar-refractivity contribution is -0.119. The van der Waals surface area contributed by atoms with E-state index in [1.54, 1.807) is 17.9 Å². The summed E-state index contributed by atoms with van der Waals surface area (Å²) < 4.78 is 14.1. The Morgan fingerprint density at radius 1 is 1.47 bits per heavy atom. The summed E-state index contributed by atoms with van der Waals surface area (Å²) in [6.07, 6.45) is 3.03. The molecule has 1 saturated carbocycles. The number of anilines is 1. The van der Waals surface area contributed by atoms with Gasteiger partial charge in [0.1, 0.15) is 5.82 Å². The van der Waals surface area contributed by atoms with Gasteiger partial charge in [-0.1, -0.05) is 12.5 Å². The van der Waals surface area contributed by atoms with Crippen LogP contribution in [0.4, 0.5) is 10.1 Å². The molecule has 2 aliphatic rings. The second-order valence-electron chi connectivity index (χ2n) is 5.48. The average molecular weight is 285 g/mol. The fourth-order valence-electron chi connectivity index (χ4n) is 3.18. The number of hydrogen-bond acceptors (Lipinski definition) is 2. The number of nitrogens with zero attached hydrogens (tertiary/aromatic N) is 1. The van der Waals surface area contributed by atoms with Crippen molar-refractivity contribution in [3.8, 4) is 0 Å². The number of halogens is 2. The van der Waals surface area contributed by atoms with Crippen molar-refractivity contribution >= 4 is 24.0 Å². The fourth-order valence-corrected chi connectivity index (χ4v) is 3.18. The maximum Gasteiger partial charge on any atom is 0.243 e. The van der Waals surface area contributed by atoms with Crippen LogP contribution in [-0.4, -0.2) is 18.5 Å². The Morgan fingerprint density at radius 2 is 2.16 bits per heavy atom. The van der Waals surface area contributed by atoms with E-state index in [4.69, 9.17) is 5.73 Å². The maximum absolute atomic E-state index is 14.1. The molecule has 1 aromatic rings. The maximum atomic E-state index is 14.1. The SMILES string of the molecule is C[C@@H](N)C(=O)N1CC2(CCC2)c2c(F)cccc21.Cl. The number of carbonyl (C=O) groups is 1. The molecule has 5 heteroatoms. The molecule has 1 aliphatic carbocycles. The molecule has 1 heterocycles. The van der Waals surface area contributed by atoms with Gasteiger partial charge < -0.3 is 10.6 Å². The largest absolute Gasteiger partial charge is 0.320 e. The van der Waals surface area contributed by atoms with Crippen LogP contribution < -0.4 is 10.6 Å². The van der Waals surface area contributed by atoms with Crippen molar-refractivity contribution in [2.75, 3.05) is 11.4 Å². The third kappa shape index (κ3) is 1.94. The van der Waals surface area contributed by atoms with Crippen LogP contribution >= 0.6 is 12.4 Å². The Hall–Kier alpha value is -1.13. The van der Waals surface area contributed by atoms with Gasteiger partial charge in [0.2, 0.25) is 5.91 Å². The molecule has 104 valence electrons. The molecule has 1 amide bonds. The Kier molecular flexibility index (Phi) is 3.58. The smallest absolute Gasteiger partial charge is 0.243 e. The molecular weight excluding hydrogens is 267 g/mol. The van der Waals surface area contributed by atoms with E-state index in [-0.39, 0.29) is 29.5 Å². The van der Waals surface area contributed by atoms with E-state index in [0.717, 1.165) is 30.5 Å². The molecule has 3 nitrogen and oxygen atoms in total. The van der Waals surface area contributed by atoms with Crippen LogP contribution in [0.1, 0.15) is 31.7 Å². The number of rotatable bonds is 1. The van der Waals surface area contributed by atoms with Crippen molar-refractivity contribution in [2.24, 2.45) is 5.73 Å². The second kappa shape index (κ2) is 4.76. The lowest BCUT2D eigenvalue weighted by atomic mass is 9.65. The van der Waals surface area contributed by atoms with Gasteiger partial charge in [-0.25, -0.2) is 4.39 Å². The van der Waals surface area contributed by atoms with E-state index >= 15 is 0 Å². The monoisotopic (exact) mass is 284 g/mol. The zero-order chi connectivity index (χ0) is 12.9. The van der Waals surface area contributed by atoms with E-state index in [1.807, 2.05) is 6.07 Å². The van der Waals surface area contributed by atoms with Crippen LogP contribution in [-0.2, 0) is 10.2 Å². The number of fused-ring (bicyclic) bond motifs is 2. The molecule has 0 bridgehead atoms. The molecule has 1 aliphatic heterocycles. The van der Waals surface area contributed by atoms with Crippen LogP contribution in [0.2, 0.25) is 0 Å². The van der Waals surface area contributed by atoms with E-state index in [2.05, 4.69) is 0 Å². The molecule has 0 unspecified atom stereocenters. The van der Waals surface area contributed by atoms with Gasteiger partial charge in [0, 0.05) is 17.5 Å². The molecule has 1 atom stereocenters. The number of benzene rings is 1. The quantitative estimate of drug-likeness (QED) is 0.860. The van der Waals surface area contributed by atoms with Crippen molar-refractivity contribution < 1.29 is 9.18 Å². The van der Waals surface area contributed by atoms with Gasteiger partial charge in [-0.3, -0.25) is 4.79 Å². The van der Waals surface area contributed by atoms with E-state index in [0.29, 0.717) is 6.54 Å². The predicted molar refractivity (Wildman–Crippen MR) is 75.2 cm³/mol. The summed E-state index contributed by atoms with van der Waals surface area (Å²) in [5.41, 5.74) is 6.97. The highest BCUT2D eigenvalue weighted by Crippen LogP contribution is 2.53. The van der Waals surface area contributed by atoms with Crippen molar-refractivity contribution in [1.29, 1.82) is 0 Å². The molecule has 3 rings (SSSR count). The minimum Gasteiger partial charge on any atom is -0.320 e. The van der Waals surface area contributed by atoms with Crippen molar-refractivity contribution in [1.82, 2.24) is 0 Å². The third-order valence-corrected chi connectivity index (χ3v) is 4.24. The van der Waals surface area contributed by atoms with Gasteiger partial charge in [-0.05, 0) is 31.9 Å². The first-order chi connectivity index (χ1) is 8.55. The molecule has 0 aromatic heterocycles. The van der Waals surface area contributed by atoms with Gasteiger partial charge in [-0.2, -0.15) is 0 Å². The van der Waals surface area contributed by atoms with E-state index in [1.165, 1.54) is 6.07 Å². The third-order valence-electron chi connectivity index (χ3n) is 4.24. The van der Waals surface area contributed by atoms with Gasteiger partial charge in [0.05, 0.1) is 11.7 Å². The lowest BCUT2D eigenvalue weighted by Crippen LogP contribution is -2.46. The van der Waals surface area contributed by atoms with Crippen LogP contribution in [0.3, 0.4) is 0 Å². The van der Waals surface area contributed by atoms with Crippen LogP contribution in [0, 0.1) is 5.82 Å². The Balaban J connectivity index is 0.00000133. The Morgan fingerprint density at radius 3 is 2.68 bits per heavy atom. The summed E-state index contributed by atoms with van der Waals surface area (Å²) in [6, 6.07) is 4.43. The summed E-state index contributed by atoms with van der Waals surface area (Å²) in [4.78, 5) is 13.8. The van der Waals surface area contributed by atoms with Gasteiger partial charge in [0.25, 0.3) is 0 Å². The summed E-state index contributed by atoms with van der Waals surface area (Å²) in [5, 5.41) is 0. The molecule has 0 radical (unpaired) electrons. The number of carbonyl (C=O) groups excluding carboxylic acids is 1. The van der Waals surface area contributed by atoms with E-state index < -0.39 is 6.04 Å². The molecule has 1 fully saturated rings. The molecule has 2 N–H and O–H groups in total. The van der Waals surface area contributed by atoms with Gasteiger partial charge >= 0.3 is 0 Å². The molecule has 19 heavy (non-hydrogen) atoms. The fraction of sp³-hybridized carbons (Fsp3) is 0.500. The van der Waals surface area contributed by atoms with Crippen LogP contribution in [0.5, 0.6) is 0 Å². The zero-order valence-corrected chi connectivity index (χ0v) is 11.7. The van der Waals surface area contributed by atoms with Gasteiger partial charge in [-0.15, -0.1) is 12.4 Å². The first kappa shape index (κ1) is 14.3. The van der Waals surface area contributed by atoms with Crippen molar-refractivity contribution in [3.63, 3.8) is 0 Å². The summed E-state index contributed by atoms with van der Waals surface area (Å²) in [5.74, 6) is -0.308. The highest BCUT2D eigenvalue weighted by molar-refractivity contribution is 5.99. The van der Waals surface area contributed by atoms with Crippen molar-refractivity contribution in [2.45, 2.75) is 37.6 Å². The molecule has 1 aromatic carbocycles. The highest BCUT2D eigenvalue weighted by Gasteiger charge is 2.50. The first-order valence-electron chi connectivity index (χ1n) is 6.41. The predicted octanol–water partition coefficient (Wildman–Crippen LogP) is 2.36. The highest BCUT2D eigenvalue weighted by atomic mass is 35.5. The van der Waals surface area contributed by atoms with Crippen LogP contribution in [0.15, 0.2) is 18.2 Å². The standard InChI is InChI=1S/C14H17FN2O.ClH/c1-9(16)13(18)17-8-14(6-3-7-14)12-10(15)4-2-5-11(12)17;/h2,4-5,9H,3,6-8,16H2,1H3;1H/t9-;/m1./s1. The average Bonchev–Trinajstić information content (AvgIpc) is 2.64.